The third-order valence-electron chi connectivity index (χ3n) is 3.19. The Kier molecular flexibility index (Phi) is 6.24. The molecule has 2 aromatic rings. The van der Waals surface area contributed by atoms with Gasteiger partial charge >= 0.3 is 12.2 Å². The standard InChI is InChI=1S/C15H15F3N4O3S/c1-8-3-4-10(5-9(8)2)12-21-22-14(25-12)26-6-11(23)20-13(24)19-7-15(16,17)18/h3-5H,6-7H2,1-2H3,(H2,19,20,23,24). The first-order valence-corrected chi connectivity index (χ1v) is 8.31. The van der Waals surface area contributed by atoms with E-state index in [1.54, 1.807) is 5.32 Å². The highest BCUT2D eigenvalue weighted by Crippen LogP contribution is 2.24. The third kappa shape index (κ3) is 6.06. The number of rotatable bonds is 5. The van der Waals surface area contributed by atoms with Crippen LogP contribution in [0.15, 0.2) is 27.8 Å². The van der Waals surface area contributed by atoms with Crippen molar-refractivity contribution in [3.05, 3.63) is 29.3 Å². The van der Waals surface area contributed by atoms with Crippen molar-refractivity contribution in [2.75, 3.05) is 12.3 Å². The van der Waals surface area contributed by atoms with Gasteiger partial charge in [0.15, 0.2) is 0 Å². The van der Waals surface area contributed by atoms with Gasteiger partial charge in [0.05, 0.1) is 5.75 Å². The van der Waals surface area contributed by atoms with Crippen LogP contribution in [0.25, 0.3) is 11.5 Å². The van der Waals surface area contributed by atoms with Crippen molar-refractivity contribution in [2.24, 2.45) is 0 Å². The number of amides is 3. The molecule has 0 aliphatic carbocycles. The number of urea groups is 1. The van der Waals surface area contributed by atoms with Crippen LogP contribution in [-0.4, -0.2) is 40.6 Å². The molecule has 7 nitrogen and oxygen atoms in total. The quantitative estimate of drug-likeness (QED) is 0.765. The Balaban J connectivity index is 1.84. The first-order chi connectivity index (χ1) is 12.1. The van der Waals surface area contributed by atoms with Gasteiger partial charge < -0.3 is 9.73 Å². The van der Waals surface area contributed by atoms with Crippen LogP contribution in [0, 0.1) is 13.8 Å². The van der Waals surface area contributed by atoms with Crippen LogP contribution in [0.2, 0.25) is 0 Å². The molecule has 26 heavy (non-hydrogen) atoms. The van der Waals surface area contributed by atoms with E-state index in [-0.39, 0.29) is 16.9 Å². The summed E-state index contributed by atoms with van der Waals surface area (Å²) in [6, 6.07) is 4.39. The normalized spacial score (nSPS) is 11.3. The summed E-state index contributed by atoms with van der Waals surface area (Å²) in [7, 11) is 0. The molecule has 0 aliphatic heterocycles. The average Bonchev–Trinajstić information content (AvgIpc) is 3.02. The van der Waals surface area contributed by atoms with Gasteiger partial charge in [-0.05, 0) is 37.1 Å². The number of imide groups is 1. The second-order valence-electron chi connectivity index (χ2n) is 5.31. The molecule has 0 unspecified atom stereocenters. The topological polar surface area (TPSA) is 97.1 Å². The molecule has 0 aliphatic rings. The number of benzene rings is 1. The van der Waals surface area contributed by atoms with Gasteiger partial charge in [0.2, 0.25) is 11.8 Å². The molecule has 0 bridgehead atoms. The van der Waals surface area contributed by atoms with E-state index in [2.05, 4.69) is 10.2 Å². The van der Waals surface area contributed by atoms with Gasteiger partial charge in [0, 0.05) is 5.56 Å². The molecule has 0 saturated carbocycles. The molecule has 0 fully saturated rings. The molecule has 0 spiro atoms. The molecule has 0 saturated heterocycles. The highest BCUT2D eigenvalue weighted by atomic mass is 32.2. The highest BCUT2D eigenvalue weighted by molar-refractivity contribution is 7.99. The van der Waals surface area contributed by atoms with Crippen molar-refractivity contribution in [3.63, 3.8) is 0 Å². The maximum Gasteiger partial charge on any atom is 0.405 e. The number of hydrogen-bond donors (Lipinski definition) is 2. The summed E-state index contributed by atoms with van der Waals surface area (Å²) in [6.07, 6.45) is -4.55. The van der Waals surface area contributed by atoms with Crippen LogP contribution >= 0.6 is 11.8 Å². The molecule has 0 radical (unpaired) electrons. The minimum Gasteiger partial charge on any atom is -0.411 e. The molecule has 3 amide bonds. The second-order valence-corrected chi connectivity index (χ2v) is 6.23. The predicted molar refractivity (Wildman–Crippen MR) is 87.5 cm³/mol. The zero-order valence-corrected chi connectivity index (χ0v) is 14.6. The van der Waals surface area contributed by atoms with Gasteiger partial charge in [0.25, 0.3) is 5.22 Å². The van der Waals surface area contributed by atoms with Gasteiger partial charge in [-0.15, -0.1) is 10.2 Å². The molecule has 1 heterocycles. The Morgan fingerprint density at radius 1 is 1.19 bits per heavy atom. The van der Waals surface area contributed by atoms with E-state index in [4.69, 9.17) is 4.42 Å². The van der Waals surface area contributed by atoms with Crippen LogP contribution < -0.4 is 10.6 Å². The number of hydrogen-bond acceptors (Lipinski definition) is 6. The van der Waals surface area contributed by atoms with Crippen LogP contribution in [-0.2, 0) is 4.79 Å². The summed E-state index contributed by atoms with van der Waals surface area (Å²) in [4.78, 5) is 22.7. The zero-order chi connectivity index (χ0) is 19.3. The number of nitrogens with zero attached hydrogens (tertiary/aromatic N) is 2. The van der Waals surface area contributed by atoms with E-state index in [0.717, 1.165) is 28.5 Å². The SMILES string of the molecule is Cc1ccc(-c2nnc(SCC(=O)NC(=O)NCC(F)(F)F)o2)cc1C. The average molecular weight is 388 g/mol. The second kappa shape index (κ2) is 8.21. The highest BCUT2D eigenvalue weighted by Gasteiger charge is 2.28. The molecule has 0 atom stereocenters. The fraction of sp³-hybridized carbons (Fsp3) is 0.333. The van der Waals surface area contributed by atoms with E-state index in [1.807, 2.05) is 32.0 Å². The van der Waals surface area contributed by atoms with Crippen LogP contribution in [0.1, 0.15) is 11.1 Å². The Morgan fingerprint density at radius 2 is 1.92 bits per heavy atom. The Labute approximate surface area is 150 Å². The van der Waals surface area contributed by atoms with Gasteiger partial charge in [0.1, 0.15) is 6.54 Å². The maximum absolute atomic E-state index is 12.0. The number of alkyl halides is 3. The van der Waals surface area contributed by atoms with E-state index < -0.39 is 24.7 Å². The number of nitrogens with one attached hydrogen (secondary N) is 2. The first kappa shape index (κ1) is 19.8. The van der Waals surface area contributed by atoms with Gasteiger partial charge in [-0.2, -0.15) is 13.2 Å². The summed E-state index contributed by atoms with van der Waals surface area (Å²) in [5.41, 5.74) is 2.89. The van der Waals surface area contributed by atoms with E-state index >= 15 is 0 Å². The van der Waals surface area contributed by atoms with Gasteiger partial charge in [-0.1, -0.05) is 17.8 Å². The first-order valence-electron chi connectivity index (χ1n) is 7.32. The van der Waals surface area contributed by atoms with E-state index in [1.165, 1.54) is 5.32 Å². The predicted octanol–water partition coefficient (Wildman–Crippen LogP) is 2.83. The summed E-state index contributed by atoms with van der Waals surface area (Å²) >= 11 is 0.862. The molecular formula is C15H15F3N4O3S. The monoisotopic (exact) mass is 388 g/mol. The number of thioether (sulfide) groups is 1. The summed E-state index contributed by atoms with van der Waals surface area (Å²) < 4.78 is 41.3. The Hall–Kier alpha value is -2.56. The minimum atomic E-state index is -4.55. The molecule has 1 aromatic carbocycles. The fourth-order valence-corrected chi connectivity index (χ4v) is 2.34. The third-order valence-corrected chi connectivity index (χ3v) is 4.01. The minimum absolute atomic E-state index is 0.101. The number of aryl methyl sites for hydroxylation is 2. The smallest absolute Gasteiger partial charge is 0.405 e. The summed E-state index contributed by atoms with van der Waals surface area (Å²) in [6.45, 7) is 2.39. The largest absolute Gasteiger partial charge is 0.411 e. The Morgan fingerprint density at radius 3 is 2.58 bits per heavy atom. The fourth-order valence-electron chi connectivity index (χ4n) is 1.77. The van der Waals surface area contributed by atoms with Crippen molar-refractivity contribution in [2.45, 2.75) is 25.2 Å². The lowest BCUT2D eigenvalue weighted by Gasteiger charge is -2.08. The van der Waals surface area contributed by atoms with Crippen LogP contribution in [0.4, 0.5) is 18.0 Å². The summed E-state index contributed by atoms with van der Waals surface area (Å²) in [5.74, 6) is -0.784. The van der Waals surface area contributed by atoms with Crippen molar-refractivity contribution in [3.8, 4) is 11.5 Å². The van der Waals surface area contributed by atoms with Crippen molar-refractivity contribution >= 4 is 23.7 Å². The van der Waals surface area contributed by atoms with Crippen molar-refractivity contribution in [1.29, 1.82) is 0 Å². The summed E-state index contributed by atoms with van der Waals surface area (Å²) in [5, 5.41) is 11.1. The molecular weight excluding hydrogens is 373 g/mol. The lowest BCUT2D eigenvalue weighted by atomic mass is 10.1. The lowest BCUT2D eigenvalue weighted by Crippen LogP contribution is -2.43. The molecule has 2 rings (SSSR count). The lowest BCUT2D eigenvalue weighted by molar-refractivity contribution is -0.124. The molecule has 2 N–H and O–H groups in total. The molecule has 1 aromatic heterocycles. The van der Waals surface area contributed by atoms with Crippen LogP contribution in [0.3, 0.4) is 0 Å². The van der Waals surface area contributed by atoms with E-state index in [9.17, 15) is 22.8 Å². The Bertz CT molecular complexity index is 808. The van der Waals surface area contributed by atoms with E-state index in [0.29, 0.717) is 0 Å². The van der Waals surface area contributed by atoms with Crippen molar-refractivity contribution in [1.82, 2.24) is 20.8 Å². The maximum atomic E-state index is 12.0. The zero-order valence-electron chi connectivity index (χ0n) is 13.8. The van der Waals surface area contributed by atoms with Gasteiger partial charge in [-0.25, -0.2) is 4.79 Å². The number of carbonyl (C=O) groups excluding carboxylic acids is 2. The number of halogens is 3. The van der Waals surface area contributed by atoms with Crippen LogP contribution in [0.5, 0.6) is 0 Å². The number of aromatic nitrogens is 2. The molecule has 11 heteroatoms. The molecule has 140 valence electrons. The number of carbonyl (C=O) groups is 2. The van der Waals surface area contributed by atoms with Crippen molar-refractivity contribution < 1.29 is 27.2 Å². The van der Waals surface area contributed by atoms with Gasteiger partial charge in [-0.3, -0.25) is 10.1 Å².